The molecule has 0 saturated carbocycles. The van der Waals surface area contributed by atoms with Crippen LogP contribution in [0.15, 0.2) is 48.5 Å². The van der Waals surface area contributed by atoms with Gasteiger partial charge in [0.05, 0.1) is 0 Å². The van der Waals surface area contributed by atoms with E-state index in [-0.39, 0.29) is 35.6 Å². The predicted molar refractivity (Wildman–Crippen MR) is 75.5 cm³/mol. The van der Waals surface area contributed by atoms with Crippen molar-refractivity contribution in [1.29, 1.82) is 0 Å². The number of benzene rings is 2. The van der Waals surface area contributed by atoms with Gasteiger partial charge < -0.3 is 21.3 Å². The fourth-order valence-electron chi connectivity index (χ4n) is 1.79. The number of hydrogen-bond acceptors (Lipinski definition) is 4. The summed E-state index contributed by atoms with van der Waals surface area (Å²) in [7, 11) is 0. The summed E-state index contributed by atoms with van der Waals surface area (Å²) in [5, 5.41) is 21.2. The Morgan fingerprint density at radius 1 is 1.10 bits per heavy atom. The van der Waals surface area contributed by atoms with Crippen LogP contribution in [0.5, 0.6) is 11.5 Å². The van der Waals surface area contributed by atoms with E-state index in [0.29, 0.717) is 0 Å². The molecule has 1 atom stereocenters. The minimum absolute atomic E-state index is 0.262. The third kappa shape index (κ3) is 3.27. The third-order valence-corrected chi connectivity index (χ3v) is 2.95. The predicted octanol–water partition coefficient (Wildman–Crippen LogP) is 1.53. The monoisotopic (exact) mass is 272 g/mol. The van der Waals surface area contributed by atoms with Gasteiger partial charge in [-0.25, -0.2) is 0 Å². The van der Waals surface area contributed by atoms with E-state index in [1.807, 2.05) is 30.3 Å². The molecule has 0 aliphatic carbocycles. The SMILES string of the molecule is NC(CNC(=O)c1ccc(O)c(O)c1)c1ccccc1. The molecule has 1 amide bonds. The van der Waals surface area contributed by atoms with E-state index >= 15 is 0 Å². The first-order valence-corrected chi connectivity index (χ1v) is 6.18. The first kappa shape index (κ1) is 13.9. The number of carbonyl (C=O) groups excluding carboxylic acids is 1. The van der Waals surface area contributed by atoms with Gasteiger partial charge in [-0.3, -0.25) is 4.79 Å². The van der Waals surface area contributed by atoms with Crippen molar-refractivity contribution in [3.05, 3.63) is 59.7 Å². The van der Waals surface area contributed by atoms with Gasteiger partial charge in [0, 0.05) is 18.2 Å². The van der Waals surface area contributed by atoms with E-state index in [1.54, 1.807) is 0 Å². The Morgan fingerprint density at radius 2 is 1.80 bits per heavy atom. The second-order valence-corrected chi connectivity index (χ2v) is 4.43. The average molecular weight is 272 g/mol. The van der Waals surface area contributed by atoms with Crippen LogP contribution in [0.4, 0.5) is 0 Å². The number of nitrogens with two attached hydrogens (primary N) is 1. The number of rotatable bonds is 4. The van der Waals surface area contributed by atoms with Crippen LogP contribution in [0.1, 0.15) is 22.0 Å². The zero-order valence-corrected chi connectivity index (χ0v) is 10.8. The van der Waals surface area contributed by atoms with Crippen LogP contribution in [0.2, 0.25) is 0 Å². The number of amides is 1. The van der Waals surface area contributed by atoms with Crippen LogP contribution in [-0.2, 0) is 0 Å². The molecule has 5 heteroatoms. The second kappa shape index (κ2) is 6.08. The average Bonchev–Trinajstić information content (AvgIpc) is 2.48. The van der Waals surface area contributed by atoms with Crippen molar-refractivity contribution >= 4 is 5.91 Å². The van der Waals surface area contributed by atoms with Gasteiger partial charge in [0.1, 0.15) is 0 Å². The Morgan fingerprint density at radius 3 is 2.45 bits per heavy atom. The highest BCUT2D eigenvalue weighted by molar-refractivity contribution is 5.94. The Kier molecular flexibility index (Phi) is 4.22. The Bertz CT molecular complexity index is 599. The quantitative estimate of drug-likeness (QED) is 0.635. The molecule has 104 valence electrons. The highest BCUT2D eigenvalue weighted by atomic mass is 16.3. The maximum atomic E-state index is 11.9. The lowest BCUT2D eigenvalue weighted by atomic mass is 10.1. The zero-order chi connectivity index (χ0) is 14.5. The molecule has 2 aromatic carbocycles. The van der Waals surface area contributed by atoms with Crippen LogP contribution >= 0.6 is 0 Å². The maximum absolute atomic E-state index is 11.9. The Balaban J connectivity index is 1.97. The molecule has 0 bridgehead atoms. The summed E-state index contributed by atoms with van der Waals surface area (Å²) in [6.07, 6.45) is 0. The molecule has 1 unspecified atom stereocenters. The van der Waals surface area contributed by atoms with Crippen molar-refractivity contribution in [2.75, 3.05) is 6.54 Å². The smallest absolute Gasteiger partial charge is 0.251 e. The molecular weight excluding hydrogens is 256 g/mol. The van der Waals surface area contributed by atoms with Crippen molar-refractivity contribution in [3.8, 4) is 11.5 Å². The van der Waals surface area contributed by atoms with E-state index in [2.05, 4.69) is 5.32 Å². The summed E-state index contributed by atoms with van der Waals surface area (Å²) >= 11 is 0. The van der Waals surface area contributed by atoms with E-state index in [4.69, 9.17) is 5.73 Å². The van der Waals surface area contributed by atoms with Gasteiger partial charge in [-0.2, -0.15) is 0 Å². The molecule has 2 aromatic rings. The summed E-state index contributed by atoms with van der Waals surface area (Å²) in [5.41, 5.74) is 7.17. The standard InChI is InChI=1S/C15H16N2O3/c16-12(10-4-2-1-3-5-10)9-17-15(20)11-6-7-13(18)14(19)8-11/h1-8,12,18-19H,9,16H2,(H,17,20). The van der Waals surface area contributed by atoms with E-state index < -0.39 is 0 Å². The maximum Gasteiger partial charge on any atom is 0.251 e. The number of carbonyl (C=O) groups is 1. The lowest BCUT2D eigenvalue weighted by molar-refractivity contribution is 0.0951. The molecule has 0 aliphatic heterocycles. The van der Waals surface area contributed by atoms with Gasteiger partial charge in [0.2, 0.25) is 0 Å². The number of nitrogens with one attached hydrogen (secondary N) is 1. The number of phenols is 2. The van der Waals surface area contributed by atoms with Crippen LogP contribution in [0.25, 0.3) is 0 Å². The Labute approximate surface area is 116 Å². The second-order valence-electron chi connectivity index (χ2n) is 4.43. The lowest BCUT2D eigenvalue weighted by Gasteiger charge is -2.13. The minimum Gasteiger partial charge on any atom is -0.504 e. The fourth-order valence-corrected chi connectivity index (χ4v) is 1.79. The number of phenolic OH excluding ortho intramolecular Hbond substituents is 2. The summed E-state index contributed by atoms with van der Waals surface area (Å²) in [5.74, 6) is -0.945. The first-order chi connectivity index (χ1) is 9.58. The van der Waals surface area contributed by atoms with Gasteiger partial charge >= 0.3 is 0 Å². The van der Waals surface area contributed by atoms with Gasteiger partial charge in [-0.1, -0.05) is 30.3 Å². The van der Waals surface area contributed by atoms with Gasteiger partial charge in [0.25, 0.3) is 5.91 Å². The molecule has 0 fully saturated rings. The molecular formula is C15H16N2O3. The van der Waals surface area contributed by atoms with Crippen molar-refractivity contribution < 1.29 is 15.0 Å². The zero-order valence-electron chi connectivity index (χ0n) is 10.8. The number of aromatic hydroxyl groups is 2. The van der Waals surface area contributed by atoms with Crippen LogP contribution < -0.4 is 11.1 Å². The topological polar surface area (TPSA) is 95.6 Å². The lowest BCUT2D eigenvalue weighted by Crippen LogP contribution is -2.31. The third-order valence-electron chi connectivity index (χ3n) is 2.95. The molecule has 0 radical (unpaired) electrons. The Hall–Kier alpha value is -2.53. The molecule has 0 saturated heterocycles. The largest absolute Gasteiger partial charge is 0.504 e. The first-order valence-electron chi connectivity index (χ1n) is 6.18. The normalized spacial score (nSPS) is 11.8. The highest BCUT2D eigenvalue weighted by Crippen LogP contribution is 2.24. The molecule has 0 aromatic heterocycles. The highest BCUT2D eigenvalue weighted by Gasteiger charge is 2.11. The fraction of sp³-hybridized carbons (Fsp3) is 0.133. The number of hydrogen-bond donors (Lipinski definition) is 4. The minimum atomic E-state index is -0.355. The molecule has 0 heterocycles. The van der Waals surface area contributed by atoms with Crippen molar-refractivity contribution in [3.63, 3.8) is 0 Å². The molecule has 2 rings (SSSR count). The summed E-state index contributed by atoms with van der Waals surface area (Å²) < 4.78 is 0. The summed E-state index contributed by atoms with van der Waals surface area (Å²) in [4.78, 5) is 11.9. The van der Waals surface area contributed by atoms with Gasteiger partial charge in [-0.15, -0.1) is 0 Å². The molecule has 0 spiro atoms. The van der Waals surface area contributed by atoms with Gasteiger partial charge in [-0.05, 0) is 23.8 Å². The van der Waals surface area contributed by atoms with E-state index in [9.17, 15) is 15.0 Å². The van der Waals surface area contributed by atoms with E-state index in [0.717, 1.165) is 5.56 Å². The molecule has 5 nitrogen and oxygen atoms in total. The van der Waals surface area contributed by atoms with Crippen LogP contribution in [0, 0.1) is 0 Å². The van der Waals surface area contributed by atoms with Crippen molar-refractivity contribution in [1.82, 2.24) is 5.32 Å². The molecule has 0 aliphatic rings. The van der Waals surface area contributed by atoms with Crippen molar-refractivity contribution in [2.24, 2.45) is 5.73 Å². The van der Waals surface area contributed by atoms with Crippen molar-refractivity contribution in [2.45, 2.75) is 6.04 Å². The van der Waals surface area contributed by atoms with Crippen LogP contribution in [-0.4, -0.2) is 22.7 Å². The summed E-state index contributed by atoms with van der Waals surface area (Å²) in [6, 6.07) is 13.1. The van der Waals surface area contributed by atoms with Gasteiger partial charge in [0.15, 0.2) is 11.5 Å². The summed E-state index contributed by atoms with van der Waals surface area (Å²) in [6.45, 7) is 0.282. The van der Waals surface area contributed by atoms with E-state index in [1.165, 1.54) is 18.2 Å². The van der Waals surface area contributed by atoms with Crippen LogP contribution in [0.3, 0.4) is 0 Å². The molecule has 5 N–H and O–H groups in total. The molecule has 20 heavy (non-hydrogen) atoms.